The van der Waals surface area contributed by atoms with E-state index in [-0.39, 0.29) is 11.3 Å². The fraction of sp³-hybridized carbons (Fsp3) is 0.348. The third-order valence-electron chi connectivity index (χ3n) is 5.52. The van der Waals surface area contributed by atoms with Gasteiger partial charge in [-0.3, -0.25) is 14.6 Å². The third kappa shape index (κ3) is 4.11. The van der Waals surface area contributed by atoms with Gasteiger partial charge in [-0.2, -0.15) is 0 Å². The van der Waals surface area contributed by atoms with E-state index < -0.39 is 23.5 Å². The van der Waals surface area contributed by atoms with Crippen molar-refractivity contribution in [1.29, 1.82) is 0 Å². The molecule has 1 aromatic heterocycles. The topological polar surface area (TPSA) is 73.7 Å². The number of carbonyl (C=O) groups excluding carboxylic acids is 2. The number of ketones is 1. The summed E-state index contributed by atoms with van der Waals surface area (Å²) < 4.78 is 13.7. The molecule has 1 saturated heterocycles. The highest BCUT2D eigenvalue weighted by Gasteiger charge is 2.46. The fourth-order valence-corrected chi connectivity index (χ4v) is 3.73. The monoisotopic (exact) mass is 411 g/mol. The molecule has 0 bridgehead atoms. The van der Waals surface area contributed by atoms with Crippen molar-refractivity contribution < 1.29 is 19.1 Å². The Morgan fingerprint density at radius 2 is 1.97 bits per heavy atom. The molecule has 1 fully saturated rings. The van der Waals surface area contributed by atoms with Crippen molar-refractivity contribution in [3.63, 3.8) is 0 Å². The number of hydrogen-bond acceptors (Lipinski definition) is 5. The molecule has 30 heavy (non-hydrogen) atoms. The molecule has 1 amide bonds. The predicted octanol–water partition coefficient (Wildman–Crippen LogP) is 3.29. The maximum absolute atomic E-state index is 13.7. The van der Waals surface area contributed by atoms with Crippen LogP contribution >= 0.6 is 0 Å². The molecule has 1 aliphatic rings. The summed E-state index contributed by atoms with van der Waals surface area (Å²) in [6.45, 7) is 8.24. The van der Waals surface area contributed by atoms with Gasteiger partial charge in [0.1, 0.15) is 11.6 Å². The number of nitrogens with zero attached hydrogens (tertiary/aromatic N) is 3. The minimum absolute atomic E-state index is 0.00134. The molecule has 1 atom stereocenters. The number of amides is 1. The van der Waals surface area contributed by atoms with Crippen LogP contribution in [0.25, 0.3) is 5.76 Å². The number of halogens is 1. The summed E-state index contributed by atoms with van der Waals surface area (Å²) in [4.78, 5) is 33.6. The maximum atomic E-state index is 13.7. The molecule has 0 saturated carbocycles. The van der Waals surface area contributed by atoms with Crippen LogP contribution < -0.4 is 0 Å². The van der Waals surface area contributed by atoms with Crippen LogP contribution in [0.3, 0.4) is 0 Å². The van der Waals surface area contributed by atoms with Crippen LogP contribution in [0, 0.1) is 12.7 Å². The lowest BCUT2D eigenvalue weighted by atomic mass is 9.96. The number of pyridine rings is 1. The highest BCUT2D eigenvalue weighted by molar-refractivity contribution is 6.46. The van der Waals surface area contributed by atoms with Crippen LogP contribution in [0.5, 0.6) is 0 Å². The van der Waals surface area contributed by atoms with E-state index in [1.165, 1.54) is 23.1 Å². The Morgan fingerprint density at radius 1 is 1.23 bits per heavy atom. The molecular formula is C23H26FN3O3. The summed E-state index contributed by atoms with van der Waals surface area (Å²) in [6.07, 6.45) is 3.19. The number of likely N-dealkylation sites (tertiary alicyclic amines) is 1. The van der Waals surface area contributed by atoms with E-state index in [0.717, 1.165) is 13.1 Å². The third-order valence-corrected chi connectivity index (χ3v) is 5.52. The molecule has 7 heteroatoms. The van der Waals surface area contributed by atoms with Gasteiger partial charge in [-0.25, -0.2) is 4.39 Å². The Hall–Kier alpha value is -3.06. The molecular weight excluding hydrogens is 385 g/mol. The zero-order valence-corrected chi connectivity index (χ0v) is 17.4. The number of carbonyl (C=O) groups is 2. The zero-order valence-electron chi connectivity index (χ0n) is 17.4. The van der Waals surface area contributed by atoms with E-state index in [1.807, 2.05) is 13.8 Å². The molecule has 6 nitrogen and oxygen atoms in total. The molecule has 1 aromatic carbocycles. The fourth-order valence-electron chi connectivity index (χ4n) is 3.73. The first-order valence-electron chi connectivity index (χ1n) is 10.1. The largest absolute Gasteiger partial charge is 0.507 e. The Labute approximate surface area is 175 Å². The molecule has 0 spiro atoms. The Balaban J connectivity index is 2.09. The van der Waals surface area contributed by atoms with Gasteiger partial charge in [-0.1, -0.05) is 19.9 Å². The van der Waals surface area contributed by atoms with Gasteiger partial charge in [0.25, 0.3) is 11.7 Å². The van der Waals surface area contributed by atoms with Crippen molar-refractivity contribution in [3.05, 3.63) is 70.8 Å². The first-order valence-corrected chi connectivity index (χ1v) is 10.1. The van der Waals surface area contributed by atoms with Crippen molar-refractivity contribution in [1.82, 2.24) is 14.8 Å². The number of aliphatic hydroxyl groups excluding tert-OH is 1. The van der Waals surface area contributed by atoms with Crippen molar-refractivity contribution in [2.75, 3.05) is 26.2 Å². The molecule has 0 aliphatic carbocycles. The molecule has 1 unspecified atom stereocenters. The molecule has 0 radical (unpaired) electrons. The van der Waals surface area contributed by atoms with Gasteiger partial charge >= 0.3 is 0 Å². The summed E-state index contributed by atoms with van der Waals surface area (Å²) >= 11 is 0. The number of rotatable bonds is 7. The lowest BCUT2D eigenvalue weighted by molar-refractivity contribution is -0.140. The second-order valence-corrected chi connectivity index (χ2v) is 7.27. The van der Waals surface area contributed by atoms with E-state index >= 15 is 0 Å². The minimum atomic E-state index is -0.750. The van der Waals surface area contributed by atoms with Gasteiger partial charge in [0.2, 0.25) is 0 Å². The van der Waals surface area contributed by atoms with E-state index in [1.54, 1.807) is 31.5 Å². The summed E-state index contributed by atoms with van der Waals surface area (Å²) in [5.41, 5.74) is 1.27. The van der Waals surface area contributed by atoms with Crippen LogP contribution in [0.4, 0.5) is 4.39 Å². The average molecular weight is 411 g/mol. The summed E-state index contributed by atoms with van der Waals surface area (Å²) in [5.74, 6) is -2.12. The summed E-state index contributed by atoms with van der Waals surface area (Å²) in [7, 11) is 0. The second kappa shape index (κ2) is 9.17. The van der Waals surface area contributed by atoms with Crippen LogP contribution in [0.1, 0.15) is 36.6 Å². The number of benzene rings is 1. The van der Waals surface area contributed by atoms with Crippen molar-refractivity contribution in [2.24, 2.45) is 0 Å². The molecule has 1 N–H and O–H groups in total. The maximum Gasteiger partial charge on any atom is 0.295 e. The standard InChI is InChI=1S/C23H26FN3O3/c1-4-26(5-2)11-12-27-20(17-7-6-10-25-14-17)19(22(29)23(27)30)21(28)16-8-9-18(24)15(3)13-16/h6-10,13-14,20,28H,4-5,11-12H2,1-3H3/b21-19-. The van der Waals surface area contributed by atoms with Gasteiger partial charge in [0, 0.05) is 31.0 Å². The quantitative estimate of drug-likeness (QED) is 0.430. The van der Waals surface area contributed by atoms with Crippen LogP contribution in [-0.2, 0) is 9.59 Å². The zero-order chi connectivity index (χ0) is 21.8. The van der Waals surface area contributed by atoms with E-state index in [2.05, 4.69) is 9.88 Å². The first kappa shape index (κ1) is 21.6. The molecule has 2 aromatic rings. The smallest absolute Gasteiger partial charge is 0.295 e. The summed E-state index contributed by atoms with van der Waals surface area (Å²) in [6, 6.07) is 6.86. The lowest BCUT2D eigenvalue weighted by Crippen LogP contribution is -2.38. The van der Waals surface area contributed by atoms with Gasteiger partial charge in [0.05, 0.1) is 11.6 Å². The molecule has 1 aliphatic heterocycles. The first-order chi connectivity index (χ1) is 14.4. The number of hydrogen-bond donors (Lipinski definition) is 1. The molecule has 158 valence electrons. The van der Waals surface area contributed by atoms with Gasteiger partial charge < -0.3 is 14.9 Å². The Kier molecular flexibility index (Phi) is 6.62. The average Bonchev–Trinajstić information content (AvgIpc) is 3.01. The highest BCUT2D eigenvalue weighted by atomic mass is 19.1. The van der Waals surface area contributed by atoms with Gasteiger partial charge in [-0.05, 0) is 55.4 Å². The molecule has 2 heterocycles. The van der Waals surface area contributed by atoms with E-state index in [0.29, 0.717) is 29.8 Å². The SMILES string of the molecule is CCN(CC)CCN1C(=O)C(=O)/C(=C(\O)c2ccc(F)c(C)c2)C1c1cccnc1. The number of aromatic nitrogens is 1. The van der Waals surface area contributed by atoms with Crippen LogP contribution in [0.2, 0.25) is 0 Å². The van der Waals surface area contributed by atoms with Gasteiger partial charge in [0.15, 0.2) is 0 Å². The molecule has 3 rings (SSSR count). The normalized spacial score (nSPS) is 18.4. The highest BCUT2D eigenvalue weighted by Crippen LogP contribution is 2.39. The van der Waals surface area contributed by atoms with E-state index in [4.69, 9.17) is 0 Å². The number of Topliss-reactive ketones (excluding diaryl/α,β-unsaturated/α-hetero) is 1. The van der Waals surface area contributed by atoms with Crippen LogP contribution in [-0.4, -0.2) is 57.8 Å². The Bertz CT molecular complexity index is 971. The number of aryl methyl sites for hydroxylation is 1. The van der Waals surface area contributed by atoms with Crippen molar-refractivity contribution in [2.45, 2.75) is 26.8 Å². The van der Waals surface area contributed by atoms with Crippen molar-refractivity contribution >= 4 is 17.4 Å². The second-order valence-electron chi connectivity index (χ2n) is 7.27. The predicted molar refractivity (Wildman–Crippen MR) is 112 cm³/mol. The number of aliphatic hydroxyl groups is 1. The Morgan fingerprint density at radius 3 is 2.57 bits per heavy atom. The van der Waals surface area contributed by atoms with E-state index in [9.17, 15) is 19.1 Å². The number of likely N-dealkylation sites (N-methyl/N-ethyl adjacent to an activating group) is 1. The van der Waals surface area contributed by atoms with Gasteiger partial charge in [-0.15, -0.1) is 0 Å². The lowest BCUT2D eigenvalue weighted by Gasteiger charge is -2.28. The van der Waals surface area contributed by atoms with Crippen LogP contribution in [0.15, 0.2) is 48.3 Å². The summed E-state index contributed by atoms with van der Waals surface area (Å²) in [5, 5.41) is 11.0. The minimum Gasteiger partial charge on any atom is -0.507 e. The van der Waals surface area contributed by atoms with Crippen molar-refractivity contribution in [3.8, 4) is 0 Å².